The number of fused-ring (bicyclic) bond motifs is 1. The molecule has 20 heavy (non-hydrogen) atoms. The van der Waals surface area contributed by atoms with Crippen molar-refractivity contribution in [1.82, 2.24) is 14.4 Å². The summed E-state index contributed by atoms with van der Waals surface area (Å²) in [6.07, 6.45) is 5.34. The molecule has 3 rings (SSSR count). The van der Waals surface area contributed by atoms with Crippen molar-refractivity contribution >= 4 is 17.2 Å². The molecule has 0 radical (unpaired) electrons. The average molecular weight is 266 g/mol. The highest BCUT2D eigenvalue weighted by Gasteiger charge is 2.08. The Balaban J connectivity index is 1.88. The van der Waals surface area contributed by atoms with Crippen molar-refractivity contribution in [1.29, 1.82) is 0 Å². The van der Waals surface area contributed by atoms with Crippen LogP contribution in [0.4, 0.5) is 5.69 Å². The molecule has 1 N–H and O–H groups in total. The van der Waals surface area contributed by atoms with Gasteiger partial charge in [-0.3, -0.25) is 9.78 Å². The number of rotatable bonds is 2. The SMILES string of the molecule is Cc1cc(NC(=O)c2ccc3nc(C)cn3c2)ccn1. The fourth-order valence-electron chi connectivity index (χ4n) is 2.08. The third-order valence-corrected chi connectivity index (χ3v) is 2.99. The van der Waals surface area contributed by atoms with E-state index in [-0.39, 0.29) is 5.91 Å². The Bertz CT molecular complexity index is 791. The number of imidazole rings is 1. The van der Waals surface area contributed by atoms with Crippen molar-refractivity contribution in [2.45, 2.75) is 13.8 Å². The maximum Gasteiger partial charge on any atom is 0.257 e. The first kappa shape index (κ1) is 12.3. The standard InChI is InChI=1S/C15H14N4O/c1-10-7-13(5-6-16-10)18-15(20)12-3-4-14-17-11(2)8-19(14)9-12/h3-9H,1-2H3,(H,16,18,20). The summed E-state index contributed by atoms with van der Waals surface area (Å²) < 4.78 is 1.85. The Labute approximate surface area is 116 Å². The lowest BCUT2D eigenvalue weighted by Gasteiger charge is -2.06. The molecule has 3 heterocycles. The van der Waals surface area contributed by atoms with Gasteiger partial charge in [0.1, 0.15) is 5.65 Å². The number of nitrogens with zero attached hydrogens (tertiary/aromatic N) is 3. The van der Waals surface area contributed by atoms with Gasteiger partial charge in [0.25, 0.3) is 5.91 Å². The Morgan fingerprint density at radius 3 is 2.80 bits per heavy atom. The highest BCUT2D eigenvalue weighted by atomic mass is 16.1. The third-order valence-electron chi connectivity index (χ3n) is 2.99. The smallest absolute Gasteiger partial charge is 0.257 e. The van der Waals surface area contributed by atoms with Crippen LogP contribution in [-0.2, 0) is 0 Å². The molecule has 0 saturated heterocycles. The summed E-state index contributed by atoms with van der Waals surface area (Å²) >= 11 is 0. The second-order valence-electron chi connectivity index (χ2n) is 4.71. The number of aryl methyl sites for hydroxylation is 2. The molecule has 3 aromatic rings. The fraction of sp³-hybridized carbons (Fsp3) is 0.133. The van der Waals surface area contributed by atoms with Gasteiger partial charge >= 0.3 is 0 Å². The normalized spacial score (nSPS) is 10.7. The van der Waals surface area contributed by atoms with E-state index in [4.69, 9.17) is 0 Å². The molecule has 0 saturated carbocycles. The number of anilines is 1. The molecule has 0 atom stereocenters. The predicted molar refractivity (Wildman–Crippen MR) is 76.9 cm³/mol. The van der Waals surface area contributed by atoms with Crippen LogP contribution in [0.15, 0.2) is 42.9 Å². The third kappa shape index (κ3) is 2.38. The highest BCUT2D eigenvalue weighted by Crippen LogP contribution is 2.11. The molecule has 0 spiro atoms. The van der Waals surface area contributed by atoms with Crippen molar-refractivity contribution in [3.05, 3.63) is 59.8 Å². The van der Waals surface area contributed by atoms with Crippen LogP contribution in [0.25, 0.3) is 5.65 Å². The maximum absolute atomic E-state index is 12.2. The van der Waals surface area contributed by atoms with Crippen molar-refractivity contribution in [2.24, 2.45) is 0 Å². The van der Waals surface area contributed by atoms with Gasteiger partial charge in [-0.15, -0.1) is 0 Å². The summed E-state index contributed by atoms with van der Waals surface area (Å²) in [5.41, 5.74) is 3.95. The average Bonchev–Trinajstić information content (AvgIpc) is 2.77. The molecule has 3 aromatic heterocycles. The lowest BCUT2D eigenvalue weighted by Crippen LogP contribution is -2.12. The first-order valence-electron chi connectivity index (χ1n) is 6.31. The van der Waals surface area contributed by atoms with E-state index >= 15 is 0 Å². The Morgan fingerprint density at radius 1 is 1.15 bits per heavy atom. The molecule has 1 amide bonds. The summed E-state index contributed by atoms with van der Waals surface area (Å²) in [4.78, 5) is 20.6. The zero-order valence-corrected chi connectivity index (χ0v) is 11.3. The van der Waals surface area contributed by atoms with Crippen LogP contribution >= 0.6 is 0 Å². The minimum absolute atomic E-state index is 0.149. The van der Waals surface area contributed by atoms with E-state index in [1.165, 1.54) is 0 Å². The largest absolute Gasteiger partial charge is 0.322 e. The first-order valence-corrected chi connectivity index (χ1v) is 6.31. The summed E-state index contributed by atoms with van der Waals surface area (Å²) in [7, 11) is 0. The minimum Gasteiger partial charge on any atom is -0.322 e. The van der Waals surface area contributed by atoms with E-state index in [1.807, 2.05) is 36.6 Å². The molecular weight excluding hydrogens is 252 g/mol. The van der Waals surface area contributed by atoms with E-state index in [2.05, 4.69) is 15.3 Å². The van der Waals surface area contributed by atoms with Gasteiger partial charge in [0.2, 0.25) is 0 Å². The zero-order valence-electron chi connectivity index (χ0n) is 11.3. The van der Waals surface area contributed by atoms with Crippen molar-refractivity contribution in [3.63, 3.8) is 0 Å². The molecule has 0 aliphatic rings. The lowest BCUT2D eigenvalue weighted by molar-refractivity contribution is 0.102. The molecule has 5 nitrogen and oxygen atoms in total. The van der Waals surface area contributed by atoms with Gasteiger partial charge in [0.15, 0.2) is 0 Å². The van der Waals surface area contributed by atoms with Gasteiger partial charge in [0, 0.05) is 30.0 Å². The molecular formula is C15H14N4O. The molecule has 0 aliphatic heterocycles. The van der Waals surface area contributed by atoms with Crippen LogP contribution in [0.2, 0.25) is 0 Å². The van der Waals surface area contributed by atoms with E-state index in [1.54, 1.807) is 24.5 Å². The van der Waals surface area contributed by atoms with Gasteiger partial charge in [-0.25, -0.2) is 4.98 Å². The van der Waals surface area contributed by atoms with E-state index in [0.29, 0.717) is 5.56 Å². The molecule has 0 fully saturated rings. The number of carbonyl (C=O) groups excluding carboxylic acids is 1. The molecule has 100 valence electrons. The maximum atomic E-state index is 12.2. The number of nitrogens with one attached hydrogen (secondary N) is 1. The molecule has 0 aliphatic carbocycles. The lowest BCUT2D eigenvalue weighted by atomic mass is 10.2. The van der Waals surface area contributed by atoms with Gasteiger partial charge in [-0.1, -0.05) is 0 Å². The van der Waals surface area contributed by atoms with Gasteiger partial charge < -0.3 is 9.72 Å². The van der Waals surface area contributed by atoms with E-state index in [0.717, 1.165) is 22.7 Å². The Hall–Kier alpha value is -2.69. The second-order valence-corrected chi connectivity index (χ2v) is 4.71. The summed E-state index contributed by atoms with van der Waals surface area (Å²) in [5.74, 6) is -0.149. The quantitative estimate of drug-likeness (QED) is 0.775. The number of hydrogen-bond donors (Lipinski definition) is 1. The van der Waals surface area contributed by atoms with Crippen molar-refractivity contribution in [2.75, 3.05) is 5.32 Å². The van der Waals surface area contributed by atoms with Crippen molar-refractivity contribution < 1.29 is 4.79 Å². The number of pyridine rings is 2. The summed E-state index contributed by atoms with van der Waals surface area (Å²) in [6, 6.07) is 7.20. The van der Waals surface area contributed by atoms with Crippen LogP contribution < -0.4 is 5.32 Å². The number of aromatic nitrogens is 3. The molecule has 0 unspecified atom stereocenters. The van der Waals surface area contributed by atoms with Crippen LogP contribution in [0, 0.1) is 13.8 Å². The predicted octanol–water partition coefficient (Wildman–Crippen LogP) is 2.60. The monoisotopic (exact) mass is 266 g/mol. The molecule has 0 bridgehead atoms. The van der Waals surface area contributed by atoms with E-state index < -0.39 is 0 Å². The van der Waals surface area contributed by atoms with Gasteiger partial charge in [0.05, 0.1) is 11.3 Å². The highest BCUT2D eigenvalue weighted by molar-refractivity contribution is 6.04. The zero-order chi connectivity index (χ0) is 14.1. The second kappa shape index (κ2) is 4.77. The van der Waals surface area contributed by atoms with Gasteiger partial charge in [-0.05, 0) is 38.1 Å². The van der Waals surface area contributed by atoms with Gasteiger partial charge in [-0.2, -0.15) is 0 Å². The minimum atomic E-state index is -0.149. The molecule has 0 aromatic carbocycles. The summed E-state index contributed by atoms with van der Waals surface area (Å²) in [5, 5.41) is 2.86. The van der Waals surface area contributed by atoms with Crippen molar-refractivity contribution in [3.8, 4) is 0 Å². The number of carbonyl (C=O) groups is 1. The van der Waals surface area contributed by atoms with Crippen LogP contribution in [0.3, 0.4) is 0 Å². The van der Waals surface area contributed by atoms with Crippen LogP contribution in [0.5, 0.6) is 0 Å². The first-order chi connectivity index (χ1) is 9.61. The Morgan fingerprint density at radius 2 is 2.00 bits per heavy atom. The summed E-state index contributed by atoms with van der Waals surface area (Å²) in [6.45, 7) is 3.81. The number of amides is 1. The number of hydrogen-bond acceptors (Lipinski definition) is 3. The van der Waals surface area contributed by atoms with E-state index in [9.17, 15) is 4.79 Å². The molecule has 5 heteroatoms. The van der Waals surface area contributed by atoms with Crippen LogP contribution in [0.1, 0.15) is 21.7 Å². The topological polar surface area (TPSA) is 59.3 Å². The Kier molecular flexibility index (Phi) is 2.95. The van der Waals surface area contributed by atoms with Crippen LogP contribution in [-0.4, -0.2) is 20.3 Å². The fourth-order valence-corrected chi connectivity index (χ4v) is 2.08.